The van der Waals surface area contributed by atoms with Gasteiger partial charge in [-0.25, -0.2) is 0 Å². The summed E-state index contributed by atoms with van der Waals surface area (Å²) in [5.41, 5.74) is 2.34. The van der Waals surface area contributed by atoms with Crippen LogP contribution in [0.5, 0.6) is 0 Å². The Bertz CT molecular complexity index is 439. The first-order valence-corrected chi connectivity index (χ1v) is 8.55. The zero-order chi connectivity index (χ0) is 14.7. The molecule has 2 heterocycles. The molecule has 116 valence electrons. The summed E-state index contributed by atoms with van der Waals surface area (Å²) in [6, 6.07) is 9.25. The molecule has 0 saturated carbocycles. The fourth-order valence-corrected chi connectivity index (χ4v) is 3.70. The number of rotatable bonds is 4. The number of nitrogens with zero attached hydrogens (tertiary/aromatic N) is 2. The molecule has 0 amide bonds. The number of anilines is 1. The average Bonchev–Trinajstić information content (AvgIpc) is 3.05. The molecule has 0 spiro atoms. The second-order valence-corrected chi connectivity index (χ2v) is 6.50. The van der Waals surface area contributed by atoms with E-state index in [9.17, 15) is 5.11 Å². The summed E-state index contributed by atoms with van der Waals surface area (Å²) in [5, 5.41) is 9.88. The summed E-state index contributed by atoms with van der Waals surface area (Å²) < 4.78 is 0. The van der Waals surface area contributed by atoms with E-state index in [1.807, 2.05) is 6.92 Å². The Kier molecular flexibility index (Phi) is 4.81. The van der Waals surface area contributed by atoms with Crippen molar-refractivity contribution in [2.45, 2.75) is 51.2 Å². The van der Waals surface area contributed by atoms with Crippen molar-refractivity contribution in [2.75, 3.05) is 31.1 Å². The van der Waals surface area contributed by atoms with Crippen LogP contribution in [0.2, 0.25) is 0 Å². The first-order chi connectivity index (χ1) is 10.3. The lowest BCUT2D eigenvalue weighted by Gasteiger charge is -2.32. The fourth-order valence-electron chi connectivity index (χ4n) is 3.70. The number of aliphatic hydroxyl groups is 1. The predicted octanol–water partition coefficient (Wildman–Crippen LogP) is 3.19. The Morgan fingerprint density at radius 2 is 1.81 bits per heavy atom. The first kappa shape index (κ1) is 14.9. The fraction of sp³-hybridized carbons (Fsp3) is 0.667. The molecule has 0 aromatic heterocycles. The Morgan fingerprint density at radius 3 is 2.48 bits per heavy atom. The highest BCUT2D eigenvalue weighted by atomic mass is 16.3. The summed E-state index contributed by atoms with van der Waals surface area (Å²) in [7, 11) is 0. The largest absolute Gasteiger partial charge is 0.388 e. The standard InChI is InChI=1S/C18H28N2O/c1-2-18(21)15-6-8-16(9-7-15)20-13-10-17(14-20)19-11-4-3-5-12-19/h6-9,17-18,21H,2-5,10-14H2,1H3/t17?,18-/m1/s1. The minimum Gasteiger partial charge on any atom is -0.388 e. The van der Waals surface area contributed by atoms with Crippen molar-refractivity contribution >= 4 is 5.69 Å². The SMILES string of the molecule is CC[C@@H](O)c1ccc(N2CCC(N3CCCCC3)C2)cc1. The maximum atomic E-state index is 9.88. The Balaban J connectivity index is 1.60. The van der Waals surface area contributed by atoms with Gasteiger partial charge in [-0.1, -0.05) is 25.5 Å². The molecule has 3 heteroatoms. The highest BCUT2D eigenvalue weighted by Crippen LogP contribution is 2.26. The van der Waals surface area contributed by atoms with Gasteiger partial charge in [-0.05, 0) is 56.5 Å². The molecule has 0 radical (unpaired) electrons. The molecule has 1 aromatic carbocycles. The van der Waals surface area contributed by atoms with Crippen molar-refractivity contribution in [1.82, 2.24) is 4.90 Å². The summed E-state index contributed by atoms with van der Waals surface area (Å²) >= 11 is 0. The van der Waals surface area contributed by atoms with Crippen molar-refractivity contribution in [3.8, 4) is 0 Å². The van der Waals surface area contributed by atoms with Crippen LogP contribution in [0.1, 0.15) is 50.7 Å². The second-order valence-electron chi connectivity index (χ2n) is 6.50. The van der Waals surface area contributed by atoms with Crippen LogP contribution in [0.3, 0.4) is 0 Å². The molecule has 1 N–H and O–H groups in total. The van der Waals surface area contributed by atoms with Crippen molar-refractivity contribution in [3.05, 3.63) is 29.8 Å². The minimum atomic E-state index is -0.321. The van der Waals surface area contributed by atoms with Crippen LogP contribution in [-0.4, -0.2) is 42.2 Å². The van der Waals surface area contributed by atoms with Crippen molar-refractivity contribution < 1.29 is 5.11 Å². The second kappa shape index (κ2) is 6.80. The third-order valence-corrected chi connectivity index (χ3v) is 5.10. The third-order valence-electron chi connectivity index (χ3n) is 5.10. The van der Waals surface area contributed by atoms with Crippen LogP contribution in [-0.2, 0) is 0 Å². The highest BCUT2D eigenvalue weighted by Gasteiger charge is 2.28. The van der Waals surface area contributed by atoms with Crippen LogP contribution in [0.15, 0.2) is 24.3 Å². The summed E-state index contributed by atoms with van der Waals surface area (Å²) in [6.45, 7) is 6.93. The number of piperidine rings is 1. The molecule has 2 aliphatic rings. The predicted molar refractivity (Wildman–Crippen MR) is 87.7 cm³/mol. The molecular weight excluding hydrogens is 260 g/mol. The van der Waals surface area contributed by atoms with Gasteiger partial charge < -0.3 is 10.0 Å². The Hall–Kier alpha value is -1.06. The summed E-state index contributed by atoms with van der Waals surface area (Å²) in [4.78, 5) is 5.19. The maximum Gasteiger partial charge on any atom is 0.0787 e. The summed E-state index contributed by atoms with van der Waals surface area (Å²) in [6.07, 6.45) is 5.91. The van der Waals surface area contributed by atoms with Gasteiger partial charge in [0.2, 0.25) is 0 Å². The van der Waals surface area contributed by atoms with E-state index in [4.69, 9.17) is 0 Å². The topological polar surface area (TPSA) is 26.7 Å². The molecule has 2 saturated heterocycles. The van der Waals surface area contributed by atoms with Gasteiger partial charge in [0.1, 0.15) is 0 Å². The summed E-state index contributed by atoms with van der Waals surface area (Å²) in [5.74, 6) is 0. The van der Waals surface area contributed by atoms with Crippen LogP contribution in [0.4, 0.5) is 5.69 Å². The molecule has 21 heavy (non-hydrogen) atoms. The van der Waals surface area contributed by atoms with Crippen molar-refractivity contribution in [1.29, 1.82) is 0 Å². The Morgan fingerprint density at radius 1 is 1.10 bits per heavy atom. The first-order valence-electron chi connectivity index (χ1n) is 8.55. The van der Waals surface area contributed by atoms with Gasteiger partial charge >= 0.3 is 0 Å². The molecule has 0 aliphatic carbocycles. The van der Waals surface area contributed by atoms with Crippen molar-refractivity contribution in [3.63, 3.8) is 0 Å². The molecule has 2 atom stereocenters. The number of benzene rings is 1. The van der Waals surface area contributed by atoms with Crippen LogP contribution in [0, 0.1) is 0 Å². The van der Waals surface area contributed by atoms with Gasteiger partial charge in [-0.3, -0.25) is 4.90 Å². The smallest absolute Gasteiger partial charge is 0.0787 e. The van der Waals surface area contributed by atoms with Crippen LogP contribution < -0.4 is 4.90 Å². The third kappa shape index (κ3) is 3.41. The lowest BCUT2D eigenvalue weighted by molar-refractivity contribution is 0.173. The van der Waals surface area contributed by atoms with E-state index >= 15 is 0 Å². The van der Waals surface area contributed by atoms with Crippen LogP contribution >= 0.6 is 0 Å². The average molecular weight is 288 g/mol. The number of hydrogen-bond donors (Lipinski definition) is 1. The van der Waals surface area contributed by atoms with E-state index in [1.165, 1.54) is 44.5 Å². The zero-order valence-corrected chi connectivity index (χ0v) is 13.2. The number of hydrogen-bond acceptors (Lipinski definition) is 3. The number of aliphatic hydroxyl groups excluding tert-OH is 1. The van der Waals surface area contributed by atoms with E-state index < -0.39 is 0 Å². The van der Waals surface area contributed by atoms with Gasteiger partial charge in [0.05, 0.1) is 6.10 Å². The highest BCUT2D eigenvalue weighted by molar-refractivity contribution is 5.49. The molecular formula is C18H28N2O. The normalized spacial score (nSPS) is 25.2. The minimum absolute atomic E-state index is 0.321. The molecule has 1 unspecified atom stereocenters. The van der Waals surface area contributed by atoms with E-state index in [2.05, 4.69) is 34.1 Å². The Labute approximate surface area is 128 Å². The van der Waals surface area contributed by atoms with E-state index in [0.717, 1.165) is 31.1 Å². The van der Waals surface area contributed by atoms with E-state index in [0.29, 0.717) is 0 Å². The lowest BCUT2D eigenvalue weighted by Crippen LogP contribution is -2.40. The van der Waals surface area contributed by atoms with Gasteiger partial charge in [0.15, 0.2) is 0 Å². The monoisotopic (exact) mass is 288 g/mol. The van der Waals surface area contributed by atoms with E-state index in [-0.39, 0.29) is 6.10 Å². The van der Waals surface area contributed by atoms with Gasteiger partial charge in [-0.2, -0.15) is 0 Å². The number of likely N-dealkylation sites (tertiary alicyclic amines) is 1. The van der Waals surface area contributed by atoms with Gasteiger partial charge in [0.25, 0.3) is 0 Å². The van der Waals surface area contributed by atoms with E-state index in [1.54, 1.807) is 0 Å². The molecule has 0 bridgehead atoms. The zero-order valence-electron chi connectivity index (χ0n) is 13.2. The molecule has 2 fully saturated rings. The van der Waals surface area contributed by atoms with Crippen LogP contribution in [0.25, 0.3) is 0 Å². The molecule has 1 aromatic rings. The van der Waals surface area contributed by atoms with Gasteiger partial charge in [-0.15, -0.1) is 0 Å². The van der Waals surface area contributed by atoms with Gasteiger partial charge in [0, 0.05) is 24.8 Å². The van der Waals surface area contributed by atoms with Crippen molar-refractivity contribution in [2.24, 2.45) is 0 Å². The lowest BCUT2D eigenvalue weighted by atomic mass is 10.1. The molecule has 3 rings (SSSR count). The quantitative estimate of drug-likeness (QED) is 0.921. The molecule has 2 aliphatic heterocycles. The molecule has 3 nitrogen and oxygen atoms in total. The maximum absolute atomic E-state index is 9.88.